The Bertz CT molecular complexity index is 1630. The molecule has 0 saturated heterocycles. The molecule has 3 aliphatic heterocycles. The highest BCUT2D eigenvalue weighted by molar-refractivity contribution is 8.04. The maximum atomic E-state index is 10.5. The van der Waals surface area contributed by atoms with Crippen LogP contribution in [0, 0.1) is 16.7 Å². The molecule has 1 aromatic heterocycles. The van der Waals surface area contributed by atoms with Crippen LogP contribution in [-0.4, -0.2) is 5.84 Å². The maximum absolute atomic E-state index is 10.5. The van der Waals surface area contributed by atoms with E-state index >= 15 is 0 Å². The third kappa shape index (κ3) is 3.15. The van der Waals surface area contributed by atoms with Crippen molar-refractivity contribution in [2.45, 2.75) is 15.7 Å². The van der Waals surface area contributed by atoms with Gasteiger partial charge in [0.25, 0.3) is 0 Å². The SMILES string of the molecule is N#CC1=C2Sc3ccccc3N2C(=N)C(=C2Nc3ccccc3S2)C1c1ccc(-c2ccccc2)o1. The first-order chi connectivity index (χ1) is 17.7. The van der Waals surface area contributed by atoms with E-state index in [0.717, 1.165) is 48.1 Å². The van der Waals surface area contributed by atoms with Crippen LogP contribution in [0.2, 0.25) is 0 Å². The fourth-order valence-electron chi connectivity index (χ4n) is 4.85. The molecule has 0 spiro atoms. The van der Waals surface area contributed by atoms with E-state index in [-0.39, 0.29) is 0 Å². The van der Waals surface area contributed by atoms with Gasteiger partial charge in [0.05, 0.1) is 34.0 Å². The number of furan rings is 1. The Balaban J connectivity index is 1.44. The number of nitrogens with one attached hydrogen (secondary N) is 2. The Morgan fingerprint density at radius 3 is 2.42 bits per heavy atom. The van der Waals surface area contributed by atoms with Crippen LogP contribution < -0.4 is 10.2 Å². The molecule has 0 fully saturated rings. The first-order valence-electron chi connectivity index (χ1n) is 11.5. The van der Waals surface area contributed by atoms with Gasteiger partial charge in [-0.25, -0.2) is 0 Å². The minimum Gasteiger partial charge on any atom is -0.460 e. The number of amidine groups is 1. The number of anilines is 2. The lowest BCUT2D eigenvalue weighted by atomic mass is 9.86. The van der Waals surface area contributed by atoms with Crippen molar-refractivity contribution >= 4 is 40.7 Å². The summed E-state index contributed by atoms with van der Waals surface area (Å²) in [5, 5.41) is 25.0. The quantitative estimate of drug-likeness (QED) is 0.291. The van der Waals surface area contributed by atoms with Crippen molar-refractivity contribution in [2.75, 3.05) is 10.2 Å². The van der Waals surface area contributed by atoms with Gasteiger partial charge in [0.2, 0.25) is 0 Å². The van der Waals surface area contributed by atoms with Gasteiger partial charge in [-0.2, -0.15) is 5.26 Å². The number of benzene rings is 3. The summed E-state index contributed by atoms with van der Waals surface area (Å²) in [6.07, 6.45) is 0. The van der Waals surface area contributed by atoms with Gasteiger partial charge in [0, 0.05) is 20.9 Å². The molecule has 0 bridgehead atoms. The summed E-state index contributed by atoms with van der Waals surface area (Å²) in [6.45, 7) is 0. The predicted octanol–water partition coefficient (Wildman–Crippen LogP) is 7.80. The highest BCUT2D eigenvalue weighted by atomic mass is 32.2. The van der Waals surface area contributed by atoms with Crippen LogP contribution in [0.1, 0.15) is 11.7 Å². The number of rotatable bonds is 2. The zero-order valence-corrected chi connectivity index (χ0v) is 20.5. The average molecular weight is 503 g/mol. The fourth-order valence-corrected chi connectivity index (χ4v) is 7.10. The number of hydrogen-bond donors (Lipinski definition) is 2. The molecule has 7 rings (SSSR count). The van der Waals surface area contributed by atoms with Crippen molar-refractivity contribution in [1.82, 2.24) is 0 Å². The molecule has 0 amide bonds. The highest BCUT2D eigenvalue weighted by Gasteiger charge is 2.45. The molecule has 0 radical (unpaired) electrons. The van der Waals surface area contributed by atoms with Gasteiger partial charge < -0.3 is 9.73 Å². The zero-order valence-electron chi connectivity index (χ0n) is 18.9. The molecule has 172 valence electrons. The van der Waals surface area contributed by atoms with E-state index in [0.29, 0.717) is 17.2 Å². The van der Waals surface area contributed by atoms with E-state index in [1.807, 2.05) is 89.8 Å². The van der Waals surface area contributed by atoms with E-state index in [1.54, 1.807) is 23.5 Å². The Morgan fingerprint density at radius 2 is 1.61 bits per heavy atom. The normalized spacial score (nSPS) is 20.0. The Morgan fingerprint density at radius 1 is 0.861 bits per heavy atom. The van der Waals surface area contributed by atoms with Gasteiger partial charge in [0.15, 0.2) is 0 Å². The molecule has 4 aromatic rings. The smallest absolute Gasteiger partial charge is 0.137 e. The lowest BCUT2D eigenvalue weighted by Crippen LogP contribution is -2.36. The molecule has 0 aliphatic carbocycles. The topological polar surface area (TPSA) is 76.1 Å². The first kappa shape index (κ1) is 21.2. The summed E-state index contributed by atoms with van der Waals surface area (Å²) < 4.78 is 6.40. The van der Waals surface area contributed by atoms with E-state index in [4.69, 9.17) is 4.42 Å². The van der Waals surface area contributed by atoms with Gasteiger partial charge in [0.1, 0.15) is 22.4 Å². The molecule has 4 heterocycles. The summed E-state index contributed by atoms with van der Waals surface area (Å²) in [6, 6.07) is 32.4. The van der Waals surface area contributed by atoms with E-state index in [1.165, 1.54) is 0 Å². The van der Waals surface area contributed by atoms with Gasteiger partial charge >= 0.3 is 0 Å². The molecule has 1 atom stereocenters. The lowest BCUT2D eigenvalue weighted by Gasteiger charge is -2.33. The third-order valence-corrected chi connectivity index (χ3v) is 8.75. The molecule has 3 aromatic carbocycles. The summed E-state index contributed by atoms with van der Waals surface area (Å²) in [4.78, 5) is 4.04. The second-order valence-corrected chi connectivity index (χ2v) is 10.6. The van der Waals surface area contributed by atoms with Crippen molar-refractivity contribution in [3.63, 3.8) is 0 Å². The highest BCUT2D eigenvalue weighted by Crippen LogP contribution is 2.56. The van der Waals surface area contributed by atoms with Gasteiger partial charge in [-0.1, -0.05) is 78.1 Å². The van der Waals surface area contributed by atoms with Crippen LogP contribution in [0.3, 0.4) is 0 Å². The summed E-state index contributed by atoms with van der Waals surface area (Å²) >= 11 is 3.14. The molecule has 3 aliphatic rings. The Labute approximate surface area is 216 Å². The summed E-state index contributed by atoms with van der Waals surface area (Å²) in [5.41, 5.74) is 4.23. The second-order valence-electron chi connectivity index (χ2n) is 8.55. The molecule has 2 N–H and O–H groups in total. The van der Waals surface area contributed by atoms with Crippen molar-refractivity contribution in [3.8, 4) is 17.4 Å². The van der Waals surface area contributed by atoms with Crippen molar-refractivity contribution in [1.29, 1.82) is 10.7 Å². The molecule has 0 saturated carbocycles. The van der Waals surface area contributed by atoms with Crippen LogP contribution >= 0.6 is 23.5 Å². The predicted molar refractivity (Wildman–Crippen MR) is 145 cm³/mol. The van der Waals surface area contributed by atoms with Crippen molar-refractivity contribution in [2.24, 2.45) is 0 Å². The van der Waals surface area contributed by atoms with Crippen LogP contribution in [-0.2, 0) is 0 Å². The van der Waals surface area contributed by atoms with E-state index in [9.17, 15) is 10.7 Å². The van der Waals surface area contributed by atoms with Crippen LogP contribution in [0.5, 0.6) is 0 Å². The number of allylic oxidation sites excluding steroid dienone is 1. The van der Waals surface area contributed by atoms with Crippen LogP contribution in [0.4, 0.5) is 11.4 Å². The number of fused-ring (bicyclic) bond motifs is 4. The van der Waals surface area contributed by atoms with Crippen LogP contribution in [0.25, 0.3) is 11.3 Å². The monoisotopic (exact) mass is 502 g/mol. The van der Waals surface area contributed by atoms with E-state index < -0.39 is 5.92 Å². The first-order valence-corrected chi connectivity index (χ1v) is 13.1. The third-order valence-electron chi connectivity index (χ3n) is 6.48. The fraction of sp³-hybridized carbons (Fsp3) is 0.0345. The summed E-state index contributed by atoms with van der Waals surface area (Å²) in [7, 11) is 0. The molecule has 7 heteroatoms. The van der Waals surface area contributed by atoms with Crippen LogP contribution in [0.15, 0.2) is 126 Å². The number of nitrogens with zero attached hydrogens (tertiary/aromatic N) is 2. The molecule has 1 unspecified atom stereocenters. The van der Waals surface area contributed by atoms with Gasteiger partial charge in [-0.3, -0.25) is 10.3 Å². The van der Waals surface area contributed by atoms with Gasteiger partial charge in [-0.05, 0) is 36.4 Å². The number of thioether (sulfide) groups is 2. The number of para-hydroxylation sites is 2. The second kappa shape index (κ2) is 8.23. The maximum Gasteiger partial charge on any atom is 0.137 e. The molecular weight excluding hydrogens is 484 g/mol. The Hall–Kier alpha value is -4.12. The largest absolute Gasteiger partial charge is 0.460 e. The standard InChI is InChI=1S/C29H18N4OS2/c30-16-18-25(22-15-14-21(34-22)17-8-2-1-3-9-17)26(28-32-19-10-4-6-12-23(19)35-28)27(31)33-20-11-5-7-13-24(20)36-29(18)33/h1-15,25,31-32H. The zero-order chi connectivity index (χ0) is 24.2. The number of hydrogen-bond acceptors (Lipinski definition) is 6. The molecular formula is C29H18N4OS2. The van der Waals surface area contributed by atoms with E-state index in [2.05, 4.69) is 17.5 Å². The number of nitriles is 1. The molecule has 5 nitrogen and oxygen atoms in total. The van der Waals surface area contributed by atoms with Crippen molar-refractivity contribution in [3.05, 3.63) is 118 Å². The average Bonchev–Trinajstić information content (AvgIpc) is 3.65. The summed E-state index contributed by atoms with van der Waals surface area (Å²) in [5.74, 6) is 1.24. The molecule has 36 heavy (non-hydrogen) atoms. The van der Waals surface area contributed by atoms with Crippen molar-refractivity contribution < 1.29 is 4.42 Å². The van der Waals surface area contributed by atoms with Gasteiger partial charge in [-0.15, -0.1) is 0 Å². The lowest BCUT2D eigenvalue weighted by molar-refractivity contribution is 0.515. The Kier molecular flexibility index (Phi) is 4.84. The minimum absolute atomic E-state index is 0.354. The minimum atomic E-state index is -0.502.